The smallest absolute Gasteiger partial charge is 0.119 e. The predicted molar refractivity (Wildman–Crippen MR) is 80.3 cm³/mol. The Morgan fingerprint density at radius 3 is 2.68 bits per heavy atom. The van der Waals surface area contributed by atoms with E-state index in [4.69, 9.17) is 10.5 Å². The lowest BCUT2D eigenvalue weighted by Gasteiger charge is -2.33. The first-order valence-electron chi connectivity index (χ1n) is 7.26. The Balaban J connectivity index is 1.88. The molecule has 0 aliphatic heterocycles. The zero-order chi connectivity index (χ0) is 13.7. The van der Waals surface area contributed by atoms with Gasteiger partial charge >= 0.3 is 0 Å². The molecule has 0 saturated heterocycles. The van der Waals surface area contributed by atoms with E-state index in [9.17, 15) is 0 Å². The van der Waals surface area contributed by atoms with Gasteiger partial charge in [0.2, 0.25) is 0 Å². The molecule has 3 nitrogen and oxygen atoms in total. The molecule has 3 N–H and O–H groups in total. The molecular formula is C16H26N2O. The predicted octanol–water partition coefficient (Wildman–Crippen LogP) is 3.34. The Hall–Kier alpha value is -1.22. The third kappa shape index (κ3) is 3.87. The highest BCUT2D eigenvalue weighted by atomic mass is 16.5. The third-order valence-corrected chi connectivity index (χ3v) is 4.28. The Morgan fingerprint density at radius 1 is 1.26 bits per heavy atom. The normalized spacial score (nSPS) is 18.2. The van der Waals surface area contributed by atoms with Gasteiger partial charge in [-0.05, 0) is 42.0 Å². The molecule has 0 unspecified atom stereocenters. The molecule has 1 aliphatic carbocycles. The number of anilines is 1. The maximum Gasteiger partial charge on any atom is 0.119 e. The van der Waals surface area contributed by atoms with Crippen LogP contribution in [0.25, 0.3) is 0 Å². The van der Waals surface area contributed by atoms with E-state index >= 15 is 0 Å². The standard InChI is InChI=1S/C16H26N2O/c1-16(8-4-3-5-9-16)12-18-11-13-10-14(19-2)6-7-15(13)17/h6-7,10,18H,3-5,8-9,11-12,17H2,1-2H3. The van der Waals surface area contributed by atoms with Crippen molar-refractivity contribution in [3.63, 3.8) is 0 Å². The van der Waals surface area contributed by atoms with Crippen molar-refractivity contribution in [2.75, 3.05) is 19.4 Å². The molecule has 1 aromatic rings. The summed E-state index contributed by atoms with van der Waals surface area (Å²) in [5.41, 5.74) is 8.42. The molecular weight excluding hydrogens is 236 g/mol. The first-order chi connectivity index (χ1) is 9.13. The zero-order valence-corrected chi connectivity index (χ0v) is 12.2. The highest BCUT2D eigenvalue weighted by Crippen LogP contribution is 2.35. The fourth-order valence-corrected chi connectivity index (χ4v) is 2.94. The number of nitrogen functional groups attached to an aromatic ring is 1. The van der Waals surface area contributed by atoms with Gasteiger partial charge in [-0.25, -0.2) is 0 Å². The van der Waals surface area contributed by atoms with Gasteiger partial charge in [0.25, 0.3) is 0 Å². The van der Waals surface area contributed by atoms with Gasteiger partial charge in [-0.15, -0.1) is 0 Å². The van der Waals surface area contributed by atoms with Crippen LogP contribution < -0.4 is 15.8 Å². The fourth-order valence-electron chi connectivity index (χ4n) is 2.94. The second-order valence-corrected chi connectivity index (χ2v) is 6.04. The highest BCUT2D eigenvalue weighted by molar-refractivity contribution is 5.50. The van der Waals surface area contributed by atoms with Crippen LogP contribution in [-0.4, -0.2) is 13.7 Å². The minimum atomic E-state index is 0.464. The summed E-state index contributed by atoms with van der Waals surface area (Å²) in [4.78, 5) is 0. The molecule has 0 spiro atoms. The quantitative estimate of drug-likeness (QED) is 0.800. The Kier molecular flexibility index (Phi) is 4.70. The van der Waals surface area contributed by atoms with Crippen LogP contribution in [0.1, 0.15) is 44.6 Å². The Bertz CT molecular complexity index is 411. The fraction of sp³-hybridized carbons (Fsp3) is 0.625. The van der Waals surface area contributed by atoms with Crippen LogP contribution in [0.15, 0.2) is 18.2 Å². The van der Waals surface area contributed by atoms with Gasteiger partial charge in [0.05, 0.1) is 7.11 Å². The number of ether oxygens (including phenoxy) is 1. The minimum Gasteiger partial charge on any atom is -0.497 e. The van der Waals surface area contributed by atoms with Crippen molar-refractivity contribution in [1.82, 2.24) is 5.32 Å². The van der Waals surface area contributed by atoms with Crippen LogP contribution in [0.2, 0.25) is 0 Å². The largest absolute Gasteiger partial charge is 0.497 e. The van der Waals surface area contributed by atoms with Crippen LogP contribution in [-0.2, 0) is 6.54 Å². The Morgan fingerprint density at radius 2 is 2.00 bits per heavy atom. The zero-order valence-electron chi connectivity index (χ0n) is 12.2. The van der Waals surface area contributed by atoms with Crippen LogP contribution in [0.4, 0.5) is 5.69 Å². The third-order valence-electron chi connectivity index (χ3n) is 4.28. The van der Waals surface area contributed by atoms with Crippen molar-refractivity contribution in [3.05, 3.63) is 23.8 Å². The van der Waals surface area contributed by atoms with E-state index in [1.807, 2.05) is 18.2 Å². The number of hydrogen-bond acceptors (Lipinski definition) is 3. The molecule has 0 heterocycles. The van der Waals surface area contributed by atoms with E-state index in [1.165, 1.54) is 32.1 Å². The lowest BCUT2D eigenvalue weighted by atomic mass is 9.76. The second kappa shape index (κ2) is 6.29. The Labute approximate surface area is 116 Å². The summed E-state index contributed by atoms with van der Waals surface area (Å²) in [7, 11) is 1.69. The molecule has 0 amide bonds. The molecule has 19 heavy (non-hydrogen) atoms. The number of methoxy groups -OCH3 is 1. The summed E-state index contributed by atoms with van der Waals surface area (Å²) in [5, 5.41) is 3.57. The molecule has 0 aromatic heterocycles. The summed E-state index contributed by atoms with van der Waals surface area (Å²) in [6.45, 7) is 4.29. The molecule has 1 fully saturated rings. The van der Waals surface area contributed by atoms with Gasteiger partial charge in [0.15, 0.2) is 0 Å². The molecule has 1 aromatic carbocycles. The summed E-state index contributed by atoms with van der Waals surface area (Å²) < 4.78 is 5.24. The van der Waals surface area contributed by atoms with Crippen LogP contribution in [0.5, 0.6) is 5.75 Å². The highest BCUT2D eigenvalue weighted by Gasteiger charge is 2.26. The van der Waals surface area contributed by atoms with Crippen molar-refractivity contribution in [2.24, 2.45) is 5.41 Å². The molecule has 2 rings (SSSR count). The van der Waals surface area contributed by atoms with Crippen molar-refractivity contribution in [3.8, 4) is 5.75 Å². The lowest BCUT2D eigenvalue weighted by Crippen LogP contribution is -2.33. The molecule has 1 saturated carbocycles. The van der Waals surface area contributed by atoms with E-state index in [0.29, 0.717) is 5.41 Å². The maximum atomic E-state index is 6.00. The molecule has 3 heteroatoms. The van der Waals surface area contributed by atoms with Crippen LogP contribution >= 0.6 is 0 Å². The summed E-state index contributed by atoms with van der Waals surface area (Å²) in [5.74, 6) is 0.870. The molecule has 0 radical (unpaired) electrons. The topological polar surface area (TPSA) is 47.3 Å². The number of nitrogens with two attached hydrogens (primary N) is 1. The molecule has 106 valence electrons. The number of nitrogens with one attached hydrogen (secondary N) is 1. The number of hydrogen-bond donors (Lipinski definition) is 2. The van der Waals surface area contributed by atoms with Crippen LogP contribution in [0.3, 0.4) is 0 Å². The van der Waals surface area contributed by atoms with Crippen molar-refractivity contribution in [2.45, 2.75) is 45.6 Å². The van der Waals surface area contributed by atoms with Crippen molar-refractivity contribution < 1.29 is 4.74 Å². The summed E-state index contributed by atoms with van der Waals surface area (Å²) in [6.07, 6.45) is 6.83. The SMILES string of the molecule is COc1ccc(N)c(CNCC2(C)CCCCC2)c1. The minimum absolute atomic E-state index is 0.464. The first-order valence-corrected chi connectivity index (χ1v) is 7.26. The van der Waals surface area contributed by atoms with Gasteiger partial charge < -0.3 is 15.8 Å². The van der Waals surface area contributed by atoms with Crippen molar-refractivity contribution >= 4 is 5.69 Å². The summed E-state index contributed by atoms with van der Waals surface area (Å²) >= 11 is 0. The number of rotatable bonds is 5. The lowest BCUT2D eigenvalue weighted by molar-refractivity contribution is 0.207. The number of benzene rings is 1. The van der Waals surface area contributed by atoms with E-state index in [1.54, 1.807) is 7.11 Å². The average Bonchev–Trinajstić information content (AvgIpc) is 2.41. The molecule has 0 atom stereocenters. The van der Waals surface area contributed by atoms with Gasteiger partial charge in [-0.1, -0.05) is 26.2 Å². The second-order valence-electron chi connectivity index (χ2n) is 6.04. The monoisotopic (exact) mass is 262 g/mol. The first kappa shape index (κ1) is 14.2. The van der Waals surface area contributed by atoms with Crippen molar-refractivity contribution in [1.29, 1.82) is 0 Å². The van der Waals surface area contributed by atoms with Gasteiger partial charge in [-0.2, -0.15) is 0 Å². The molecule has 0 bridgehead atoms. The van der Waals surface area contributed by atoms with Gasteiger partial charge in [-0.3, -0.25) is 0 Å². The van der Waals surface area contributed by atoms with E-state index in [2.05, 4.69) is 12.2 Å². The van der Waals surface area contributed by atoms with Gasteiger partial charge in [0.1, 0.15) is 5.75 Å². The van der Waals surface area contributed by atoms with E-state index in [0.717, 1.165) is 30.1 Å². The van der Waals surface area contributed by atoms with E-state index < -0.39 is 0 Å². The summed E-state index contributed by atoms with van der Waals surface area (Å²) in [6, 6.07) is 5.84. The van der Waals surface area contributed by atoms with Gasteiger partial charge in [0, 0.05) is 18.8 Å². The van der Waals surface area contributed by atoms with E-state index in [-0.39, 0.29) is 0 Å². The average molecular weight is 262 g/mol. The van der Waals surface area contributed by atoms with Crippen LogP contribution in [0, 0.1) is 5.41 Å². The maximum absolute atomic E-state index is 6.00. The molecule has 1 aliphatic rings.